The van der Waals surface area contributed by atoms with E-state index in [1.165, 1.54) is 18.2 Å². The van der Waals surface area contributed by atoms with Crippen LogP contribution in [0.4, 0.5) is 5.69 Å². The summed E-state index contributed by atoms with van der Waals surface area (Å²) >= 11 is 0. The molecule has 0 atom stereocenters. The molecule has 7 nitrogen and oxygen atoms in total. The van der Waals surface area contributed by atoms with Crippen LogP contribution in [0.15, 0.2) is 18.2 Å². The number of carbonyl (C=O) groups is 2. The van der Waals surface area contributed by atoms with Crippen LogP contribution in [0.5, 0.6) is 5.75 Å². The van der Waals surface area contributed by atoms with Gasteiger partial charge in [-0.25, -0.2) is 4.79 Å². The largest absolute Gasteiger partial charge is 0.482 e. The van der Waals surface area contributed by atoms with Gasteiger partial charge in [0.15, 0.2) is 6.61 Å². The monoisotopic (exact) mass is 249 g/mol. The lowest BCUT2D eigenvalue weighted by atomic mass is 10.2. The van der Waals surface area contributed by atoms with Crippen molar-refractivity contribution in [2.75, 3.05) is 18.9 Å². The van der Waals surface area contributed by atoms with Crippen molar-refractivity contribution in [3.8, 4) is 11.8 Å². The molecule has 0 saturated heterocycles. The SMILES string of the molecule is N#CCNC(=O)COc1cc(C(=O)O)ccc1N. The van der Waals surface area contributed by atoms with E-state index in [9.17, 15) is 9.59 Å². The lowest BCUT2D eigenvalue weighted by molar-refractivity contribution is -0.122. The maximum absolute atomic E-state index is 11.2. The zero-order valence-corrected chi connectivity index (χ0v) is 9.34. The summed E-state index contributed by atoms with van der Waals surface area (Å²) in [7, 11) is 0. The summed E-state index contributed by atoms with van der Waals surface area (Å²) in [5.41, 5.74) is 5.81. The fourth-order valence-corrected chi connectivity index (χ4v) is 1.12. The highest BCUT2D eigenvalue weighted by Gasteiger charge is 2.09. The number of rotatable bonds is 5. The van der Waals surface area contributed by atoms with Gasteiger partial charge in [-0.05, 0) is 18.2 Å². The van der Waals surface area contributed by atoms with E-state index in [1.54, 1.807) is 6.07 Å². The fourth-order valence-electron chi connectivity index (χ4n) is 1.12. The van der Waals surface area contributed by atoms with Crippen molar-refractivity contribution in [3.05, 3.63) is 23.8 Å². The molecule has 0 unspecified atom stereocenters. The van der Waals surface area contributed by atoms with Crippen LogP contribution >= 0.6 is 0 Å². The van der Waals surface area contributed by atoms with Gasteiger partial charge < -0.3 is 20.9 Å². The molecule has 1 aromatic carbocycles. The van der Waals surface area contributed by atoms with Gasteiger partial charge in [-0.15, -0.1) is 0 Å². The van der Waals surface area contributed by atoms with Crippen LogP contribution in [-0.2, 0) is 4.79 Å². The van der Waals surface area contributed by atoms with Gasteiger partial charge in [-0.1, -0.05) is 0 Å². The number of carboxylic acid groups (broad SMARTS) is 1. The minimum atomic E-state index is -1.12. The number of nitriles is 1. The highest BCUT2D eigenvalue weighted by Crippen LogP contribution is 2.22. The first-order valence-electron chi connectivity index (χ1n) is 4.94. The number of benzene rings is 1. The molecular weight excluding hydrogens is 238 g/mol. The van der Waals surface area contributed by atoms with Crippen LogP contribution in [0.1, 0.15) is 10.4 Å². The molecule has 0 heterocycles. The molecule has 0 radical (unpaired) electrons. The number of hydrogen-bond donors (Lipinski definition) is 3. The Bertz CT molecular complexity index is 508. The van der Waals surface area contributed by atoms with Gasteiger partial charge in [-0.2, -0.15) is 5.26 Å². The summed E-state index contributed by atoms with van der Waals surface area (Å²) in [6, 6.07) is 5.69. The number of ether oxygens (including phenoxy) is 1. The van der Waals surface area contributed by atoms with Gasteiger partial charge in [0.05, 0.1) is 17.3 Å². The maximum Gasteiger partial charge on any atom is 0.335 e. The molecular formula is C11H11N3O4. The second-order valence-electron chi connectivity index (χ2n) is 3.28. The van der Waals surface area contributed by atoms with E-state index < -0.39 is 11.9 Å². The predicted octanol–water partition coefficient (Wildman–Crippen LogP) is -0.0144. The predicted molar refractivity (Wildman–Crippen MR) is 61.9 cm³/mol. The molecule has 0 aliphatic carbocycles. The molecule has 0 bridgehead atoms. The normalized spacial score (nSPS) is 9.28. The lowest BCUT2D eigenvalue weighted by Gasteiger charge is -2.09. The van der Waals surface area contributed by atoms with Crippen LogP contribution in [0.3, 0.4) is 0 Å². The van der Waals surface area contributed by atoms with Gasteiger partial charge in [0.1, 0.15) is 12.3 Å². The maximum atomic E-state index is 11.2. The summed E-state index contributed by atoms with van der Waals surface area (Å²) in [4.78, 5) is 21.9. The highest BCUT2D eigenvalue weighted by molar-refractivity contribution is 5.89. The van der Waals surface area contributed by atoms with Crippen LogP contribution in [0, 0.1) is 11.3 Å². The van der Waals surface area contributed by atoms with E-state index in [4.69, 9.17) is 20.8 Å². The molecule has 18 heavy (non-hydrogen) atoms. The third kappa shape index (κ3) is 3.68. The molecule has 7 heteroatoms. The Kier molecular flexibility index (Phi) is 4.51. The Morgan fingerprint density at radius 1 is 1.50 bits per heavy atom. The summed E-state index contributed by atoms with van der Waals surface area (Å²) in [5.74, 6) is -1.49. The number of carbonyl (C=O) groups excluding carboxylic acids is 1. The quantitative estimate of drug-likeness (QED) is 0.497. The number of hydrogen-bond acceptors (Lipinski definition) is 5. The lowest BCUT2D eigenvalue weighted by Crippen LogP contribution is -2.29. The van der Waals surface area contributed by atoms with Crippen molar-refractivity contribution < 1.29 is 19.4 Å². The van der Waals surface area contributed by atoms with Gasteiger partial charge in [0, 0.05) is 0 Å². The Labute approximate surface area is 103 Å². The highest BCUT2D eigenvalue weighted by atomic mass is 16.5. The molecule has 4 N–H and O–H groups in total. The summed E-state index contributed by atoms with van der Waals surface area (Å²) in [6.45, 7) is -0.457. The number of amides is 1. The van der Waals surface area contributed by atoms with Gasteiger partial charge >= 0.3 is 5.97 Å². The summed E-state index contributed by atoms with van der Waals surface area (Å²) < 4.78 is 5.08. The smallest absolute Gasteiger partial charge is 0.335 e. The third-order valence-corrected chi connectivity index (χ3v) is 1.98. The number of carboxylic acids is 1. The first-order valence-corrected chi connectivity index (χ1v) is 4.94. The molecule has 1 aromatic rings. The average Bonchev–Trinajstić information content (AvgIpc) is 2.35. The molecule has 0 fully saturated rings. The Morgan fingerprint density at radius 2 is 2.22 bits per heavy atom. The third-order valence-electron chi connectivity index (χ3n) is 1.98. The van der Waals surface area contributed by atoms with E-state index in [-0.39, 0.29) is 30.2 Å². The van der Waals surface area contributed by atoms with Gasteiger partial charge in [-0.3, -0.25) is 4.79 Å². The molecule has 0 spiro atoms. The van der Waals surface area contributed by atoms with Crippen LogP contribution in [0.2, 0.25) is 0 Å². The van der Waals surface area contributed by atoms with Crippen molar-refractivity contribution in [1.82, 2.24) is 5.32 Å². The first kappa shape index (κ1) is 13.3. The average molecular weight is 249 g/mol. The number of nitrogens with two attached hydrogens (primary N) is 1. The van der Waals surface area contributed by atoms with Crippen molar-refractivity contribution in [1.29, 1.82) is 5.26 Å². The molecule has 1 rings (SSSR count). The minimum Gasteiger partial charge on any atom is -0.482 e. The molecule has 0 aromatic heterocycles. The van der Waals surface area contributed by atoms with Crippen LogP contribution in [0.25, 0.3) is 0 Å². The Balaban J connectivity index is 2.67. The van der Waals surface area contributed by atoms with Gasteiger partial charge in [0.2, 0.25) is 0 Å². The second-order valence-corrected chi connectivity index (χ2v) is 3.28. The fraction of sp³-hybridized carbons (Fsp3) is 0.182. The number of nitrogens with one attached hydrogen (secondary N) is 1. The van der Waals surface area contributed by atoms with Crippen molar-refractivity contribution in [2.45, 2.75) is 0 Å². The van der Waals surface area contributed by atoms with Crippen LogP contribution in [-0.4, -0.2) is 30.1 Å². The summed E-state index contributed by atoms with van der Waals surface area (Å²) in [6.07, 6.45) is 0. The minimum absolute atomic E-state index is 0.0108. The summed E-state index contributed by atoms with van der Waals surface area (Å²) in [5, 5.41) is 19.3. The first-order chi connectivity index (χ1) is 8.54. The van der Waals surface area contributed by atoms with Crippen molar-refractivity contribution >= 4 is 17.6 Å². The number of nitrogen functional groups attached to an aromatic ring is 1. The molecule has 0 saturated carbocycles. The van der Waals surface area contributed by atoms with E-state index >= 15 is 0 Å². The number of anilines is 1. The van der Waals surface area contributed by atoms with Crippen LogP contribution < -0.4 is 15.8 Å². The molecule has 94 valence electrons. The van der Waals surface area contributed by atoms with E-state index in [2.05, 4.69) is 5.32 Å². The standard InChI is InChI=1S/C11H11N3O4/c12-3-4-14-10(15)6-18-9-5-7(11(16)17)1-2-8(9)13/h1-2,5H,4,6,13H2,(H,14,15)(H,16,17). The number of aromatic carboxylic acids is 1. The Morgan fingerprint density at radius 3 is 2.83 bits per heavy atom. The zero-order valence-electron chi connectivity index (χ0n) is 9.34. The van der Waals surface area contributed by atoms with E-state index in [0.717, 1.165) is 0 Å². The molecule has 0 aliphatic rings. The Hall–Kier alpha value is -2.75. The molecule has 0 aliphatic heterocycles. The topological polar surface area (TPSA) is 125 Å². The van der Waals surface area contributed by atoms with Gasteiger partial charge in [0.25, 0.3) is 5.91 Å². The zero-order chi connectivity index (χ0) is 13.5. The second kappa shape index (κ2) is 6.10. The van der Waals surface area contributed by atoms with E-state index in [0.29, 0.717) is 0 Å². The van der Waals surface area contributed by atoms with Crippen molar-refractivity contribution in [2.24, 2.45) is 0 Å². The van der Waals surface area contributed by atoms with Crippen molar-refractivity contribution in [3.63, 3.8) is 0 Å². The number of nitrogens with zero attached hydrogens (tertiary/aromatic N) is 1. The molecule has 1 amide bonds. The van der Waals surface area contributed by atoms with E-state index in [1.807, 2.05) is 0 Å².